The monoisotopic (exact) mass is 726 g/mol. The molecule has 0 spiro atoms. The van der Waals surface area contributed by atoms with Gasteiger partial charge in [-0.05, 0) is 64.7 Å². The maximum Gasteiger partial charge on any atom is 0.264 e. The molecular formula is C44H40F2N4O4. The van der Waals surface area contributed by atoms with Crippen LogP contribution in [0.2, 0.25) is 0 Å². The molecule has 0 fully saturated rings. The van der Waals surface area contributed by atoms with Crippen molar-refractivity contribution >= 4 is 11.8 Å². The summed E-state index contributed by atoms with van der Waals surface area (Å²) >= 11 is 0. The Balaban J connectivity index is 1.24. The first kappa shape index (κ1) is 37.4. The molecule has 0 saturated heterocycles. The molecule has 10 heteroatoms. The number of nitrogens with two attached hydrogens (primary N) is 1. The van der Waals surface area contributed by atoms with Gasteiger partial charge >= 0.3 is 0 Å². The zero-order valence-electron chi connectivity index (χ0n) is 29.5. The molecule has 2 amide bonds. The van der Waals surface area contributed by atoms with Crippen LogP contribution in [0.15, 0.2) is 158 Å². The second kappa shape index (κ2) is 17.9. The summed E-state index contributed by atoms with van der Waals surface area (Å²) in [5, 5.41) is 4.62. The quantitative estimate of drug-likeness (QED) is 0.0672. The highest BCUT2D eigenvalue weighted by molar-refractivity contribution is 5.91. The van der Waals surface area contributed by atoms with Gasteiger partial charge in [-0.1, -0.05) is 115 Å². The van der Waals surface area contributed by atoms with Gasteiger partial charge in [-0.15, -0.1) is 0 Å². The Morgan fingerprint density at radius 3 is 1.81 bits per heavy atom. The molecule has 0 aromatic heterocycles. The summed E-state index contributed by atoms with van der Waals surface area (Å²) in [4.78, 5) is 28.2. The summed E-state index contributed by atoms with van der Waals surface area (Å²) in [6.45, 7) is 0.560. The number of hydrogen-bond acceptors (Lipinski definition) is 6. The number of nitrogens with zero attached hydrogens (tertiary/aromatic N) is 1. The highest BCUT2D eigenvalue weighted by Gasteiger charge is 2.47. The molecule has 4 N–H and O–H groups in total. The van der Waals surface area contributed by atoms with Gasteiger partial charge in [-0.3, -0.25) is 14.9 Å². The number of ether oxygens (including phenoxy) is 2. The smallest absolute Gasteiger partial charge is 0.264 e. The first-order valence-corrected chi connectivity index (χ1v) is 17.4. The Kier molecular flexibility index (Phi) is 12.4. The fraction of sp³-hybridized carbons (Fsp3) is 0.136. The predicted octanol–water partition coefficient (Wildman–Crippen LogP) is 7.33. The van der Waals surface area contributed by atoms with E-state index in [9.17, 15) is 18.4 Å². The zero-order valence-corrected chi connectivity index (χ0v) is 29.5. The molecule has 1 atom stereocenters. The van der Waals surface area contributed by atoms with Gasteiger partial charge in [-0.25, -0.2) is 19.2 Å². The van der Waals surface area contributed by atoms with Crippen molar-refractivity contribution in [1.82, 2.24) is 15.8 Å². The maximum absolute atomic E-state index is 14.4. The van der Waals surface area contributed by atoms with Crippen LogP contribution >= 0.6 is 0 Å². The highest BCUT2D eigenvalue weighted by atomic mass is 19.1. The van der Waals surface area contributed by atoms with Crippen molar-refractivity contribution < 1.29 is 27.8 Å². The first-order chi connectivity index (χ1) is 26.3. The SMILES string of the molecule is NC(=O)C(NCc1ccc(OCc2cccc(F)c2)cc1)(c1ccccc1)N(NCc1ccc(OCc2ccccc2F)cc1)C(=O)Cc1ccccc1. The Morgan fingerprint density at radius 2 is 1.19 bits per heavy atom. The zero-order chi connectivity index (χ0) is 37.8. The van der Waals surface area contributed by atoms with Crippen LogP contribution in [-0.4, -0.2) is 16.8 Å². The van der Waals surface area contributed by atoms with Gasteiger partial charge in [0.25, 0.3) is 5.91 Å². The van der Waals surface area contributed by atoms with Crippen LogP contribution in [0.1, 0.15) is 33.4 Å². The van der Waals surface area contributed by atoms with E-state index < -0.39 is 17.5 Å². The molecule has 6 aromatic rings. The van der Waals surface area contributed by atoms with Gasteiger partial charge < -0.3 is 15.2 Å². The number of halogens is 2. The van der Waals surface area contributed by atoms with Gasteiger partial charge in [0.2, 0.25) is 11.6 Å². The molecule has 0 aliphatic rings. The molecule has 54 heavy (non-hydrogen) atoms. The van der Waals surface area contributed by atoms with Crippen LogP contribution in [0.25, 0.3) is 0 Å². The number of carbonyl (C=O) groups is 2. The van der Waals surface area contributed by atoms with Crippen LogP contribution in [-0.2, 0) is 48.0 Å². The molecule has 0 radical (unpaired) electrons. The van der Waals surface area contributed by atoms with E-state index in [4.69, 9.17) is 15.2 Å². The van der Waals surface area contributed by atoms with Gasteiger partial charge in [0.1, 0.15) is 36.3 Å². The molecule has 274 valence electrons. The molecule has 6 rings (SSSR count). The Morgan fingerprint density at radius 1 is 0.611 bits per heavy atom. The van der Waals surface area contributed by atoms with Gasteiger partial charge in [-0.2, -0.15) is 0 Å². The molecule has 0 aliphatic carbocycles. The predicted molar refractivity (Wildman–Crippen MR) is 202 cm³/mol. The third-order valence-corrected chi connectivity index (χ3v) is 8.81. The molecular weight excluding hydrogens is 687 g/mol. The van der Waals surface area contributed by atoms with Crippen molar-refractivity contribution in [3.8, 4) is 11.5 Å². The summed E-state index contributed by atoms with van der Waals surface area (Å²) in [5.74, 6) is -0.747. The first-order valence-electron chi connectivity index (χ1n) is 17.4. The maximum atomic E-state index is 14.4. The lowest BCUT2D eigenvalue weighted by Crippen LogP contribution is -2.68. The Labute approximate surface area is 313 Å². The molecule has 0 heterocycles. The average molecular weight is 727 g/mol. The number of rotatable bonds is 17. The van der Waals surface area contributed by atoms with Gasteiger partial charge in [0.15, 0.2) is 0 Å². The lowest BCUT2D eigenvalue weighted by molar-refractivity contribution is -0.155. The fourth-order valence-corrected chi connectivity index (χ4v) is 5.95. The van der Waals surface area contributed by atoms with E-state index in [2.05, 4.69) is 10.7 Å². The number of carbonyl (C=O) groups excluding carboxylic acids is 2. The lowest BCUT2D eigenvalue weighted by Gasteiger charge is -2.42. The van der Waals surface area contributed by atoms with Crippen molar-refractivity contribution in [2.45, 2.75) is 38.4 Å². The fourth-order valence-electron chi connectivity index (χ4n) is 5.95. The van der Waals surface area contributed by atoms with Crippen molar-refractivity contribution in [2.75, 3.05) is 0 Å². The third-order valence-electron chi connectivity index (χ3n) is 8.81. The van der Waals surface area contributed by atoms with Gasteiger partial charge in [0, 0.05) is 24.2 Å². The largest absolute Gasteiger partial charge is 0.489 e. The van der Waals surface area contributed by atoms with Crippen LogP contribution in [0.5, 0.6) is 11.5 Å². The number of hydrazine groups is 1. The summed E-state index contributed by atoms with van der Waals surface area (Å²) < 4.78 is 39.4. The van der Waals surface area contributed by atoms with E-state index in [-0.39, 0.29) is 44.4 Å². The van der Waals surface area contributed by atoms with Crippen molar-refractivity contribution in [2.24, 2.45) is 5.73 Å². The van der Waals surface area contributed by atoms with Gasteiger partial charge in [0.05, 0.1) is 6.42 Å². The molecule has 1 unspecified atom stereocenters. The van der Waals surface area contributed by atoms with E-state index in [1.165, 1.54) is 23.2 Å². The molecule has 8 nitrogen and oxygen atoms in total. The van der Waals surface area contributed by atoms with Crippen LogP contribution in [0, 0.1) is 11.6 Å². The number of benzene rings is 6. The highest BCUT2D eigenvalue weighted by Crippen LogP contribution is 2.28. The number of amides is 2. The molecule has 6 aromatic carbocycles. The average Bonchev–Trinajstić information content (AvgIpc) is 3.19. The van der Waals surface area contributed by atoms with Crippen LogP contribution in [0.4, 0.5) is 8.78 Å². The van der Waals surface area contributed by atoms with Crippen molar-refractivity contribution in [1.29, 1.82) is 0 Å². The topological polar surface area (TPSA) is 106 Å². The second-order valence-corrected chi connectivity index (χ2v) is 12.6. The summed E-state index contributed by atoms with van der Waals surface area (Å²) in [6, 6.07) is 45.2. The minimum absolute atomic E-state index is 0.0163. The van der Waals surface area contributed by atoms with Crippen molar-refractivity contribution in [3.63, 3.8) is 0 Å². The molecule has 0 bridgehead atoms. The second-order valence-electron chi connectivity index (χ2n) is 12.6. The normalized spacial score (nSPS) is 12.0. The minimum atomic E-state index is -1.83. The van der Waals surface area contributed by atoms with Crippen molar-refractivity contribution in [3.05, 3.63) is 203 Å². The summed E-state index contributed by atoms with van der Waals surface area (Å²) in [6.07, 6.45) is -0.0163. The number of primary amides is 1. The van der Waals surface area contributed by atoms with Crippen LogP contribution in [0.3, 0.4) is 0 Å². The number of hydrogen-bond donors (Lipinski definition) is 3. The van der Waals surface area contributed by atoms with E-state index in [1.807, 2.05) is 60.7 Å². The minimum Gasteiger partial charge on any atom is -0.489 e. The lowest BCUT2D eigenvalue weighted by atomic mass is 9.96. The van der Waals surface area contributed by atoms with E-state index in [0.29, 0.717) is 28.2 Å². The summed E-state index contributed by atoms with van der Waals surface area (Å²) in [5.41, 5.74) is 11.6. The van der Waals surface area contributed by atoms with E-state index in [0.717, 1.165) is 16.7 Å². The molecule has 0 saturated carbocycles. The van der Waals surface area contributed by atoms with E-state index >= 15 is 0 Å². The van der Waals surface area contributed by atoms with Crippen LogP contribution < -0.4 is 25.9 Å². The number of nitrogens with one attached hydrogen (secondary N) is 2. The standard InChI is InChI=1S/C44H40F2N4O4/c45-38-16-9-12-35(26-38)30-53-39-22-18-33(19-23-39)28-48-44(43(47)52,37-14-5-2-6-15-37)50(42(51)27-32-10-3-1-4-11-32)49-29-34-20-24-40(25-21-34)54-31-36-13-7-8-17-41(36)46/h1-26,48-49H,27-31H2,(H2,47,52). The molecule has 0 aliphatic heterocycles. The third kappa shape index (κ3) is 9.54. The Hall–Kier alpha value is -6.36. The van der Waals surface area contributed by atoms with E-state index in [1.54, 1.807) is 78.9 Å². The Bertz CT molecular complexity index is 2140. The summed E-state index contributed by atoms with van der Waals surface area (Å²) in [7, 11) is 0.